The van der Waals surface area contributed by atoms with E-state index in [0.29, 0.717) is 12.1 Å². The highest BCUT2D eigenvalue weighted by molar-refractivity contribution is 5.94. The molecule has 0 saturated carbocycles. The van der Waals surface area contributed by atoms with Crippen LogP contribution in [0.15, 0.2) is 42.6 Å². The van der Waals surface area contributed by atoms with E-state index in [0.717, 1.165) is 31.7 Å². The van der Waals surface area contributed by atoms with Crippen molar-refractivity contribution < 1.29 is 4.79 Å². The molecule has 114 valence electrons. The van der Waals surface area contributed by atoms with Gasteiger partial charge in [0.2, 0.25) is 0 Å². The Morgan fingerprint density at radius 1 is 1.27 bits per heavy atom. The first-order valence-corrected chi connectivity index (χ1v) is 7.84. The summed E-state index contributed by atoms with van der Waals surface area (Å²) in [6, 6.07) is 12.2. The van der Waals surface area contributed by atoms with Crippen molar-refractivity contribution in [1.29, 1.82) is 0 Å². The van der Waals surface area contributed by atoms with Crippen LogP contribution in [0.1, 0.15) is 34.8 Å². The van der Waals surface area contributed by atoms with E-state index in [2.05, 4.69) is 39.5 Å². The van der Waals surface area contributed by atoms with Gasteiger partial charge in [0.15, 0.2) is 0 Å². The van der Waals surface area contributed by atoms with E-state index in [1.165, 1.54) is 11.1 Å². The number of nitrogens with zero attached hydrogens (tertiary/aromatic N) is 2. The lowest BCUT2D eigenvalue weighted by atomic mass is 10.00. The number of rotatable bonds is 4. The van der Waals surface area contributed by atoms with E-state index < -0.39 is 0 Å². The number of benzene rings is 1. The minimum absolute atomic E-state index is 0.0251. The fourth-order valence-electron chi connectivity index (χ4n) is 2.76. The molecule has 2 heterocycles. The first kappa shape index (κ1) is 14.6. The number of anilines is 1. The Morgan fingerprint density at radius 3 is 2.91 bits per heavy atom. The molecule has 0 atom stereocenters. The molecule has 22 heavy (non-hydrogen) atoms. The van der Waals surface area contributed by atoms with Crippen molar-refractivity contribution in [1.82, 2.24) is 10.3 Å². The van der Waals surface area contributed by atoms with Crippen molar-refractivity contribution in [3.63, 3.8) is 0 Å². The molecule has 0 aliphatic carbocycles. The minimum Gasteiger partial charge on any atom is -0.352 e. The summed E-state index contributed by atoms with van der Waals surface area (Å²) in [7, 11) is 0. The second-order valence-corrected chi connectivity index (χ2v) is 5.60. The van der Waals surface area contributed by atoms with E-state index >= 15 is 0 Å². The zero-order chi connectivity index (χ0) is 15.4. The van der Waals surface area contributed by atoms with E-state index in [9.17, 15) is 4.79 Å². The Kier molecular flexibility index (Phi) is 4.37. The van der Waals surface area contributed by atoms with Crippen LogP contribution in [0.5, 0.6) is 0 Å². The number of hydrogen-bond acceptors (Lipinski definition) is 3. The molecule has 4 nitrogen and oxygen atoms in total. The molecule has 0 bridgehead atoms. The number of hydrogen-bond donors (Lipinski definition) is 1. The number of amides is 1. The van der Waals surface area contributed by atoms with Crippen LogP contribution in [0.3, 0.4) is 0 Å². The van der Waals surface area contributed by atoms with Crippen molar-refractivity contribution in [2.24, 2.45) is 0 Å². The highest BCUT2D eigenvalue weighted by atomic mass is 16.1. The molecule has 0 radical (unpaired) electrons. The van der Waals surface area contributed by atoms with Crippen LogP contribution in [0.25, 0.3) is 0 Å². The number of carbonyl (C=O) groups is 1. The lowest BCUT2D eigenvalue weighted by Gasteiger charge is -2.29. The zero-order valence-corrected chi connectivity index (χ0v) is 12.9. The molecule has 0 fully saturated rings. The molecule has 0 spiro atoms. The Morgan fingerprint density at radius 2 is 2.09 bits per heavy atom. The standard InChI is InChI=1S/C18H21N3O/c1-2-9-20-18(22)15-7-10-19-17(12-15)21-11-8-14-5-3-4-6-16(14)13-21/h3-7,10,12H,2,8-9,11,13H2,1H3,(H,20,22). The molecule has 3 rings (SSSR count). The Bertz CT molecular complexity index is 669. The van der Waals surface area contributed by atoms with Gasteiger partial charge >= 0.3 is 0 Å². The van der Waals surface area contributed by atoms with Gasteiger partial charge in [-0.15, -0.1) is 0 Å². The Hall–Kier alpha value is -2.36. The molecule has 2 aromatic rings. The van der Waals surface area contributed by atoms with Crippen LogP contribution in [-0.4, -0.2) is 24.0 Å². The maximum atomic E-state index is 12.1. The highest BCUT2D eigenvalue weighted by Gasteiger charge is 2.18. The van der Waals surface area contributed by atoms with Gasteiger partial charge in [-0.25, -0.2) is 4.98 Å². The second-order valence-electron chi connectivity index (χ2n) is 5.60. The monoisotopic (exact) mass is 295 g/mol. The smallest absolute Gasteiger partial charge is 0.251 e. The maximum absolute atomic E-state index is 12.1. The fourth-order valence-corrected chi connectivity index (χ4v) is 2.76. The van der Waals surface area contributed by atoms with Crippen LogP contribution >= 0.6 is 0 Å². The number of nitrogens with one attached hydrogen (secondary N) is 1. The molecule has 1 aromatic carbocycles. The normalized spacial score (nSPS) is 13.6. The van der Waals surface area contributed by atoms with Crippen LogP contribution in [0.4, 0.5) is 5.82 Å². The number of carbonyl (C=O) groups excluding carboxylic acids is 1. The SMILES string of the molecule is CCCNC(=O)c1ccnc(N2CCc3ccccc3C2)c1. The van der Waals surface area contributed by atoms with Gasteiger partial charge in [-0.3, -0.25) is 4.79 Å². The third kappa shape index (κ3) is 3.11. The summed E-state index contributed by atoms with van der Waals surface area (Å²) < 4.78 is 0. The molecule has 1 aromatic heterocycles. The molecule has 1 N–H and O–H groups in total. The summed E-state index contributed by atoms with van der Waals surface area (Å²) in [5, 5.41) is 2.91. The number of aromatic nitrogens is 1. The predicted molar refractivity (Wildman–Crippen MR) is 88.1 cm³/mol. The predicted octanol–water partition coefficient (Wildman–Crippen LogP) is 2.78. The molecular weight excluding hydrogens is 274 g/mol. The molecule has 0 unspecified atom stereocenters. The second kappa shape index (κ2) is 6.60. The molecule has 1 amide bonds. The molecule has 0 saturated heterocycles. The van der Waals surface area contributed by atoms with E-state index in [1.807, 2.05) is 13.0 Å². The van der Waals surface area contributed by atoms with Crippen LogP contribution < -0.4 is 10.2 Å². The Labute approximate surface area is 131 Å². The minimum atomic E-state index is -0.0251. The zero-order valence-electron chi connectivity index (χ0n) is 12.9. The first-order valence-electron chi connectivity index (χ1n) is 7.84. The van der Waals surface area contributed by atoms with Gasteiger partial charge in [-0.2, -0.15) is 0 Å². The quantitative estimate of drug-likeness (QED) is 0.943. The van der Waals surface area contributed by atoms with E-state index in [4.69, 9.17) is 0 Å². The van der Waals surface area contributed by atoms with Crippen molar-refractivity contribution in [2.45, 2.75) is 26.3 Å². The molecule has 1 aliphatic heterocycles. The largest absolute Gasteiger partial charge is 0.352 e. The lowest BCUT2D eigenvalue weighted by molar-refractivity contribution is 0.0953. The van der Waals surface area contributed by atoms with Crippen molar-refractivity contribution >= 4 is 11.7 Å². The van der Waals surface area contributed by atoms with Gasteiger partial charge in [-0.1, -0.05) is 31.2 Å². The first-order chi connectivity index (χ1) is 10.8. The summed E-state index contributed by atoms with van der Waals surface area (Å²) in [5.74, 6) is 0.849. The summed E-state index contributed by atoms with van der Waals surface area (Å²) >= 11 is 0. The van der Waals surface area contributed by atoms with Crippen LogP contribution in [-0.2, 0) is 13.0 Å². The Balaban J connectivity index is 1.77. The topological polar surface area (TPSA) is 45.2 Å². The molecular formula is C18H21N3O. The van der Waals surface area contributed by atoms with E-state index in [-0.39, 0.29) is 5.91 Å². The van der Waals surface area contributed by atoms with Crippen molar-refractivity contribution in [3.8, 4) is 0 Å². The highest BCUT2D eigenvalue weighted by Crippen LogP contribution is 2.23. The summed E-state index contributed by atoms with van der Waals surface area (Å²) in [4.78, 5) is 18.8. The number of pyridine rings is 1. The van der Waals surface area contributed by atoms with Crippen molar-refractivity contribution in [2.75, 3.05) is 18.0 Å². The van der Waals surface area contributed by atoms with Gasteiger partial charge in [0.1, 0.15) is 5.82 Å². The number of fused-ring (bicyclic) bond motifs is 1. The van der Waals surface area contributed by atoms with Crippen molar-refractivity contribution in [3.05, 3.63) is 59.3 Å². The van der Waals surface area contributed by atoms with Gasteiger partial charge in [-0.05, 0) is 36.1 Å². The van der Waals surface area contributed by atoms with Gasteiger partial charge < -0.3 is 10.2 Å². The van der Waals surface area contributed by atoms with Gasteiger partial charge in [0.25, 0.3) is 5.91 Å². The maximum Gasteiger partial charge on any atom is 0.251 e. The summed E-state index contributed by atoms with van der Waals surface area (Å²) in [6.45, 7) is 4.53. The van der Waals surface area contributed by atoms with Crippen LogP contribution in [0, 0.1) is 0 Å². The summed E-state index contributed by atoms with van der Waals surface area (Å²) in [6.07, 6.45) is 3.67. The average Bonchev–Trinajstić information content (AvgIpc) is 2.59. The molecule has 1 aliphatic rings. The fraction of sp³-hybridized carbons (Fsp3) is 0.333. The molecule has 4 heteroatoms. The van der Waals surface area contributed by atoms with Gasteiger partial charge in [0, 0.05) is 31.4 Å². The summed E-state index contributed by atoms with van der Waals surface area (Å²) in [5.41, 5.74) is 3.43. The van der Waals surface area contributed by atoms with Crippen LogP contribution in [0.2, 0.25) is 0 Å². The third-order valence-electron chi connectivity index (χ3n) is 4.00. The van der Waals surface area contributed by atoms with E-state index in [1.54, 1.807) is 12.3 Å². The lowest BCUT2D eigenvalue weighted by Crippen LogP contribution is -2.31. The van der Waals surface area contributed by atoms with Gasteiger partial charge in [0.05, 0.1) is 0 Å². The third-order valence-corrected chi connectivity index (χ3v) is 4.00. The average molecular weight is 295 g/mol.